The molecule has 4 heterocycles. The molecule has 4 rings (SSSR count). The van der Waals surface area contributed by atoms with E-state index >= 15 is 0 Å². The average Bonchev–Trinajstić information content (AvgIpc) is 3.33. The van der Waals surface area contributed by atoms with Crippen molar-refractivity contribution in [3.63, 3.8) is 0 Å². The van der Waals surface area contributed by atoms with Crippen LogP contribution in [0.25, 0.3) is 5.82 Å². The highest BCUT2D eigenvalue weighted by Crippen LogP contribution is 2.31. The summed E-state index contributed by atoms with van der Waals surface area (Å²) in [5, 5.41) is 8.24. The van der Waals surface area contributed by atoms with E-state index in [1.807, 2.05) is 18.7 Å². The number of halogens is 3. The number of alkyl halides is 3. The maximum atomic E-state index is 13.6. The fourth-order valence-corrected chi connectivity index (χ4v) is 4.20. The number of aryl methyl sites for hydroxylation is 1. The molecule has 174 valence electrons. The topological polar surface area (TPSA) is 80.0 Å². The van der Waals surface area contributed by atoms with Gasteiger partial charge in [-0.2, -0.15) is 23.4 Å². The van der Waals surface area contributed by atoms with Gasteiger partial charge in [0.25, 0.3) is 5.91 Å². The molecule has 3 aromatic heterocycles. The number of carbonyl (C=O) groups excluding carboxylic acids is 1. The molecule has 0 radical (unpaired) electrons. The predicted octanol–water partition coefficient (Wildman–Crippen LogP) is 3.51. The van der Waals surface area contributed by atoms with Crippen LogP contribution in [0.5, 0.6) is 0 Å². The molecule has 1 saturated heterocycles. The number of nitrogens with zero attached hydrogens (tertiary/aromatic N) is 7. The highest BCUT2D eigenvalue weighted by Gasteiger charge is 2.36. The second-order valence-corrected chi connectivity index (χ2v) is 8.10. The van der Waals surface area contributed by atoms with Crippen LogP contribution in [0.1, 0.15) is 41.4 Å². The van der Waals surface area contributed by atoms with Crippen molar-refractivity contribution in [3.05, 3.63) is 59.7 Å². The first kappa shape index (κ1) is 22.7. The summed E-state index contributed by atoms with van der Waals surface area (Å²) in [6, 6.07) is 5.56. The van der Waals surface area contributed by atoms with E-state index in [1.165, 1.54) is 23.3 Å². The summed E-state index contributed by atoms with van der Waals surface area (Å²) in [6.07, 6.45) is 0.968. The van der Waals surface area contributed by atoms with Crippen molar-refractivity contribution in [1.82, 2.24) is 29.9 Å². The first-order chi connectivity index (χ1) is 15.7. The van der Waals surface area contributed by atoms with Crippen molar-refractivity contribution < 1.29 is 18.0 Å². The number of carbonyl (C=O) groups is 1. The van der Waals surface area contributed by atoms with Gasteiger partial charge in [0.2, 0.25) is 0 Å². The maximum Gasteiger partial charge on any atom is 0.417 e. The maximum absolute atomic E-state index is 13.6. The molecular formula is C22H24F3N7O. The second-order valence-electron chi connectivity index (χ2n) is 8.10. The van der Waals surface area contributed by atoms with Gasteiger partial charge in [-0.25, -0.2) is 9.97 Å². The number of hydrogen-bond acceptors (Lipinski definition) is 6. The third-order valence-electron chi connectivity index (χ3n) is 6.00. The molecule has 0 aliphatic carbocycles. The quantitative estimate of drug-likeness (QED) is 0.594. The Bertz CT molecular complexity index is 1120. The first-order valence-electron chi connectivity index (χ1n) is 10.6. The Morgan fingerprint density at radius 2 is 1.88 bits per heavy atom. The molecule has 0 aromatic carbocycles. The normalized spacial score (nSPS) is 18.9. The molecule has 0 N–H and O–H groups in total. The Kier molecular flexibility index (Phi) is 6.05. The van der Waals surface area contributed by atoms with Crippen molar-refractivity contribution >= 4 is 11.7 Å². The van der Waals surface area contributed by atoms with Crippen molar-refractivity contribution in [2.45, 2.75) is 44.9 Å². The molecule has 0 spiro atoms. The minimum absolute atomic E-state index is 0.114. The van der Waals surface area contributed by atoms with E-state index in [2.05, 4.69) is 20.2 Å². The number of rotatable bonds is 4. The number of likely N-dealkylation sites (tertiary alicyclic amines) is 1. The van der Waals surface area contributed by atoms with Crippen LogP contribution in [-0.2, 0) is 6.18 Å². The number of hydrogen-bond donors (Lipinski definition) is 0. The average molecular weight is 459 g/mol. The van der Waals surface area contributed by atoms with Crippen molar-refractivity contribution in [2.24, 2.45) is 0 Å². The number of pyridine rings is 2. The lowest BCUT2D eigenvalue weighted by Crippen LogP contribution is -2.55. The molecule has 1 amide bonds. The summed E-state index contributed by atoms with van der Waals surface area (Å²) in [5.74, 6) is 0.588. The third-order valence-corrected chi connectivity index (χ3v) is 6.00. The fourth-order valence-electron chi connectivity index (χ4n) is 4.20. The van der Waals surface area contributed by atoms with Gasteiger partial charge < -0.3 is 9.80 Å². The Balaban J connectivity index is 1.58. The van der Waals surface area contributed by atoms with E-state index < -0.39 is 11.7 Å². The van der Waals surface area contributed by atoms with Gasteiger partial charge in [0, 0.05) is 31.5 Å². The molecule has 1 aliphatic heterocycles. The fraction of sp³-hybridized carbons (Fsp3) is 0.409. The van der Waals surface area contributed by atoms with Gasteiger partial charge in [0.05, 0.1) is 29.6 Å². The van der Waals surface area contributed by atoms with Gasteiger partial charge in [0.1, 0.15) is 5.82 Å². The minimum Gasteiger partial charge on any atom is -0.355 e. The van der Waals surface area contributed by atoms with Crippen LogP contribution in [-0.4, -0.2) is 61.4 Å². The molecule has 0 saturated carbocycles. The highest BCUT2D eigenvalue weighted by atomic mass is 19.4. The molecular weight excluding hydrogens is 435 g/mol. The third kappa shape index (κ3) is 4.53. The zero-order valence-electron chi connectivity index (χ0n) is 18.5. The van der Waals surface area contributed by atoms with E-state index in [9.17, 15) is 18.0 Å². The Morgan fingerprint density at radius 3 is 2.52 bits per heavy atom. The minimum atomic E-state index is -4.44. The summed E-state index contributed by atoms with van der Waals surface area (Å²) >= 11 is 0. The van der Waals surface area contributed by atoms with Crippen molar-refractivity contribution in [3.8, 4) is 5.82 Å². The molecule has 11 heteroatoms. The van der Waals surface area contributed by atoms with Crippen molar-refractivity contribution in [1.29, 1.82) is 0 Å². The van der Waals surface area contributed by atoms with Gasteiger partial charge >= 0.3 is 6.18 Å². The Labute approximate surface area is 189 Å². The Hall–Kier alpha value is -3.50. The molecule has 0 bridgehead atoms. The lowest BCUT2D eigenvalue weighted by atomic mass is 9.95. The molecule has 2 unspecified atom stereocenters. The van der Waals surface area contributed by atoms with Crippen LogP contribution in [0.2, 0.25) is 0 Å². The number of piperidine rings is 1. The van der Waals surface area contributed by atoms with E-state index in [4.69, 9.17) is 0 Å². The zero-order chi connectivity index (χ0) is 23.8. The SMILES string of the molecule is Cc1ccc(C(=O)N2CCCC(N(C)c3ccc(C(F)(F)F)cn3)C2C)c(-n2nccn2)n1. The molecule has 1 fully saturated rings. The van der Waals surface area contributed by atoms with Crippen molar-refractivity contribution in [2.75, 3.05) is 18.5 Å². The molecule has 1 aliphatic rings. The van der Waals surface area contributed by atoms with Crippen LogP contribution < -0.4 is 4.90 Å². The smallest absolute Gasteiger partial charge is 0.355 e. The predicted molar refractivity (Wildman–Crippen MR) is 115 cm³/mol. The second kappa shape index (κ2) is 8.80. The van der Waals surface area contributed by atoms with E-state index in [1.54, 1.807) is 24.1 Å². The van der Waals surface area contributed by atoms with Crippen LogP contribution in [0.3, 0.4) is 0 Å². The Morgan fingerprint density at radius 1 is 1.15 bits per heavy atom. The molecule has 8 nitrogen and oxygen atoms in total. The molecule has 3 aromatic rings. The van der Waals surface area contributed by atoms with Gasteiger partial charge in [-0.1, -0.05) is 0 Å². The summed E-state index contributed by atoms with van der Waals surface area (Å²) in [4.78, 5) is 27.0. The number of anilines is 1. The standard InChI is InChI=1S/C22H24F3N7O/c1-14-6-8-17(20(29-14)32-27-10-11-28-32)21(33)31-12-4-5-18(15(31)2)30(3)19-9-7-16(13-26-19)22(23,24)25/h6-11,13,15,18H,4-5,12H2,1-3H3. The molecule has 33 heavy (non-hydrogen) atoms. The number of amides is 1. The number of likely N-dealkylation sites (N-methyl/N-ethyl adjacent to an activating group) is 1. The summed E-state index contributed by atoms with van der Waals surface area (Å²) < 4.78 is 38.7. The summed E-state index contributed by atoms with van der Waals surface area (Å²) in [7, 11) is 1.79. The number of aromatic nitrogens is 5. The van der Waals surface area contributed by atoms with E-state index in [-0.39, 0.29) is 18.0 Å². The van der Waals surface area contributed by atoms with Crippen LogP contribution >= 0.6 is 0 Å². The van der Waals surface area contributed by atoms with Crippen LogP contribution in [0.15, 0.2) is 42.9 Å². The zero-order valence-corrected chi connectivity index (χ0v) is 18.5. The lowest BCUT2D eigenvalue weighted by molar-refractivity contribution is -0.137. The summed E-state index contributed by atoms with van der Waals surface area (Å²) in [5.41, 5.74) is 0.330. The first-order valence-corrected chi connectivity index (χ1v) is 10.6. The van der Waals surface area contributed by atoms with Gasteiger partial charge in [-0.15, -0.1) is 4.80 Å². The summed E-state index contributed by atoms with van der Waals surface area (Å²) in [6.45, 7) is 4.33. The van der Waals surface area contributed by atoms with Crippen LogP contribution in [0, 0.1) is 6.92 Å². The van der Waals surface area contributed by atoms with Gasteiger partial charge in [-0.3, -0.25) is 4.79 Å². The highest BCUT2D eigenvalue weighted by molar-refractivity contribution is 5.97. The monoisotopic (exact) mass is 459 g/mol. The van der Waals surface area contributed by atoms with E-state index in [0.717, 1.165) is 30.8 Å². The largest absolute Gasteiger partial charge is 0.417 e. The van der Waals surface area contributed by atoms with Gasteiger partial charge in [0.15, 0.2) is 5.82 Å². The van der Waals surface area contributed by atoms with Gasteiger partial charge in [-0.05, 0) is 51.0 Å². The lowest BCUT2D eigenvalue weighted by Gasteiger charge is -2.44. The van der Waals surface area contributed by atoms with Crippen LogP contribution in [0.4, 0.5) is 19.0 Å². The molecule has 2 atom stereocenters. The van der Waals surface area contributed by atoms with E-state index in [0.29, 0.717) is 23.7 Å².